The van der Waals surface area contributed by atoms with Crippen molar-refractivity contribution < 1.29 is 4.52 Å². The van der Waals surface area contributed by atoms with Gasteiger partial charge in [-0.05, 0) is 17.9 Å². The van der Waals surface area contributed by atoms with Gasteiger partial charge in [0.2, 0.25) is 5.89 Å². The first-order valence-corrected chi connectivity index (χ1v) is 11.6. The molecule has 0 atom stereocenters. The minimum atomic E-state index is -0.0470. The van der Waals surface area contributed by atoms with Crippen LogP contribution in [0, 0.1) is 0 Å². The highest BCUT2D eigenvalue weighted by atomic mass is 32.2. The zero-order valence-corrected chi connectivity index (χ0v) is 17.7. The summed E-state index contributed by atoms with van der Waals surface area (Å²) in [5.74, 6) is 1.72. The van der Waals surface area contributed by atoms with E-state index in [1.165, 1.54) is 23.1 Å². The van der Waals surface area contributed by atoms with Crippen molar-refractivity contribution in [3.63, 3.8) is 0 Å². The second-order valence-corrected chi connectivity index (χ2v) is 8.80. The van der Waals surface area contributed by atoms with Crippen LogP contribution in [0.4, 0.5) is 0 Å². The van der Waals surface area contributed by atoms with Gasteiger partial charge in [-0.15, -0.1) is 29.3 Å². The molecule has 0 amide bonds. The Labute approximate surface area is 173 Å². The minimum absolute atomic E-state index is 0.0470. The van der Waals surface area contributed by atoms with Crippen molar-refractivity contribution in [1.29, 1.82) is 0 Å². The molecule has 0 aliphatic heterocycles. The molecule has 0 unspecified atom stereocenters. The van der Waals surface area contributed by atoms with E-state index in [0.29, 0.717) is 34.6 Å². The van der Waals surface area contributed by atoms with Crippen LogP contribution >= 0.6 is 34.4 Å². The van der Waals surface area contributed by atoms with Gasteiger partial charge in [0.25, 0.3) is 5.56 Å². The number of rotatable bonds is 8. The van der Waals surface area contributed by atoms with Gasteiger partial charge in [0.15, 0.2) is 11.0 Å². The lowest BCUT2D eigenvalue weighted by Crippen LogP contribution is -2.22. The van der Waals surface area contributed by atoms with E-state index in [1.807, 2.05) is 22.9 Å². The smallest absolute Gasteiger partial charge is 0.263 e. The second kappa shape index (κ2) is 8.42. The summed E-state index contributed by atoms with van der Waals surface area (Å²) in [5, 5.41) is 9.29. The van der Waals surface area contributed by atoms with Crippen LogP contribution in [0.1, 0.15) is 25.1 Å². The van der Waals surface area contributed by atoms with Gasteiger partial charge in [0.05, 0.1) is 11.1 Å². The van der Waals surface area contributed by atoms with Crippen LogP contribution in [0.15, 0.2) is 50.0 Å². The summed E-state index contributed by atoms with van der Waals surface area (Å²) in [4.78, 5) is 24.2. The van der Waals surface area contributed by atoms with Gasteiger partial charge in [0, 0.05) is 28.8 Å². The van der Waals surface area contributed by atoms with Gasteiger partial charge >= 0.3 is 0 Å². The van der Waals surface area contributed by atoms with E-state index in [9.17, 15) is 4.79 Å². The predicted molar refractivity (Wildman–Crippen MR) is 115 cm³/mol. The van der Waals surface area contributed by atoms with Gasteiger partial charge in [-0.3, -0.25) is 9.36 Å². The van der Waals surface area contributed by atoms with E-state index >= 15 is 0 Å². The zero-order chi connectivity index (χ0) is 19.5. The molecule has 4 heterocycles. The maximum absolute atomic E-state index is 13.2. The molecule has 0 fully saturated rings. The Morgan fingerprint density at radius 3 is 3.00 bits per heavy atom. The van der Waals surface area contributed by atoms with E-state index in [4.69, 9.17) is 9.51 Å². The topological polar surface area (TPSA) is 73.8 Å². The largest absolute Gasteiger partial charge is 0.338 e. The quantitative estimate of drug-likeness (QED) is 0.222. The Morgan fingerprint density at radius 1 is 1.36 bits per heavy atom. The van der Waals surface area contributed by atoms with Crippen molar-refractivity contribution >= 4 is 44.7 Å². The molecule has 0 aromatic carbocycles. The number of thioether (sulfide) groups is 1. The second-order valence-electron chi connectivity index (χ2n) is 6.05. The number of fused-ring (bicyclic) bond motifs is 1. The van der Waals surface area contributed by atoms with Gasteiger partial charge in [-0.1, -0.05) is 36.0 Å². The summed E-state index contributed by atoms with van der Waals surface area (Å²) in [6, 6.07) is 4.01. The van der Waals surface area contributed by atoms with Crippen molar-refractivity contribution in [2.24, 2.45) is 0 Å². The minimum Gasteiger partial charge on any atom is -0.338 e. The normalized spacial score (nSPS) is 11.3. The number of nitrogens with zero attached hydrogens (tertiary/aromatic N) is 4. The molecule has 0 bridgehead atoms. The highest BCUT2D eigenvalue weighted by Crippen LogP contribution is 2.34. The molecule has 0 spiro atoms. The number of aryl methyl sites for hydroxylation is 1. The molecule has 4 aromatic rings. The molecule has 0 saturated heterocycles. The number of hydrogen-bond acceptors (Lipinski definition) is 8. The lowest BCUT2D eigenvalue weighted by Gasteiger charge is -2.09. The molecule has 0 radical (unpaired) electrons. The SMILES string of the molecule is C=CCn1c(SCc2nc(CCC)no2)nc2scc(-c3cccs3)c2c1=O. The maximum atomic E-state index is 13.2. The van der Waals surface area contributed by atoms with Crippen molar-refractivity contribution in [1.82, 2.24) is 19.7 Å². The summed E-state index contributed by atoms with van der Waals surface area (Å²) >= 11 is 4.53. The van der Waals surface area contributed by atoms with Gasteiger partial charge in [-0.25, -0.2) is 4.98 Å². The highest BCUT2D eigenvalue weighted by Gasteiger charge is 2.18. The summed E-state index contributed by atoms with van der Waals surface area (Å²) in [6.07, 6.45) is 3.47. The van der Waals surface area contributed by atoms with E-state index in [0.717, 1.165) is 28.1 Å². The third-order valence-electron chi connectivity index (χ3n) is 4.07. The standard InChI is InChI=1S/C19H18N4O2S3/c1-3-6-14-20-15(25-22-14)11-28-19-21-17-16(18(24)23(19)8-4-2)12(10-27-17)13-7-5-9-26-13/h4-5,7,9-10H,2-3,6,8,11H2,1H3. The average molecular weight is 431 g/mol. The number of allylic oxidation sites excluding steroid dienone is 1. The lowest BCUT2D eigenvalue weighted by molar-refractivity contribution is 0.384. The van der Waals surface area contributed by atoms with Crippen LogP contribution in [0.2, 0.25) is 0 Å². The Hall–Kier alpha value is -2.23. The predicted octanol–water partition coefficient (Wildman–Crippen LogP) is 5.00. The molecule has 0 aliphatic rings. The van der Waals surface area contributed by atoms with E-state index in [1.54, 1.807) is 22.0 Å². The van der Waals surface area contributed by atoms with Crippen molar-refractivity contribution in [2.45, 2.75) is 37.2 Å². The van der Waals surface area contributed by atoms with E-state index in [-0.39, 0.29) is 5.56 Å². The summed E-state index contributed by atoms with van der Waals surface area (Å²) < 4.78 is 6.96. The molecule has 0 aliphatic carbocycles. The number of aromatic nitrogens is 4. The summed E-state index contributed by atoms with van der Waals surface area (Å²) in [7, 11) is 0. The lowest BCUT2D eigenvalue weighted by atomic mass is 10.2. The van der Waals surface area contributed by atoms with Gasteiger partial charge in [-0.2, -0.15) is 4.98 Å². The number of thiophene rings is 2. The average Bonchev–Trinajstić information content (AvgIpc) is 3.43. The van der Waals surface area contributed by atoms with Gasteiger partial charge in [0.1, 0.15) is 4.83 Å². The third-order valence-corrected chi connectivity index (χ3v) is 6.80. The van der Waals surface area contributed by atoms with Crippen molar-refractivity contribution in [2.75, 3.05) is 0 Å². The number of hydrogen-bond donors (Lipinski definition) is 0. The summed E-state index contributed by atoms with van der Waals surface area (Å²) in [6.45, 7) is 6.26. The fraction of sp³-hybridized carbons (Fsp3) is 0.263. The van der Waals surface area contributed by atoms with Crippen molar-refractivity contribution in [3.8, 4) is 10.4 Å². The Balaban J connectivity index is 1.70. The Morgan fingerprint density at radius 2 is 2.25 bits per heavy atom. The van der Waals surface area contributed by atoms with Crippen molar-refractivity contribution in [3.05, 3.63) is 57.6 Å². The Bertz CT molecular complexity index is 1160. The molecule has 28 heavy (non-hydrogen) atoms. The van der Waals surface area contributed by atoms with Crippen LogP contribution in [-0.4, -0.2) is 19.7 Å². The molecule has 6 nitrogen and oxygen atoms in total. The first-order valence-electron chi connectivity index (χ1n) is 8.82. The van der Waals surface area contributed by atoms with Crippen LogP contribution in [-0.2, 0) is 18.7 Å². The first kappa shape index (κ1) is 19.1. The first-order chi connectivity index (χ1) is 13.7. The molecule has 4 rings (SSSR count). The zero-order valence-electron chi connectivity index (χ0n) is 15.3. The van der Waals surface area contributed by atoms with Crippen LogP contribution < -0.4 is 5.56 Å². The monoisotopic (exact) mass is 430 g/mol. The van der Waals surface area contributed by atoms with Crippen LogP contribution in [0.5, 0.6) is 0 Å². The summed E-state index contributed by atoms with van der Waals surface area (Å²) in [5.41, 5.74) is 0.900. The fourth-order valence-electron chi connectivity index (χ4n) is 2.82. The molecule has 4 aromatic heterocycles. The van der Waals surface area contributed by atoms with Crippen LogP contribution in [0.25, 0.3) is 20.7 Å². The highest BCUT2D eigenvalue weighted by molar-refractivity contribution is 7.98. The fourth-order valence-corrected chi connectivity index (χ4v) is 5.47. The van der Waals surface area contributed by atoms with E-state index in [2.05, 4.69) is 23.6 Å². The molecule has 0 N–H and O–H groups in total. The third kappa shape index (κ3) is 3.69. The van der Waals surface area contributed by atoms with Gasteiger partial charge < -0.3 is 4.52 Å². The maximum Gasteiger partial charge on any atom is 0.263 e. The van der Waals surface area contributed by atoms with Crippen LogP contribution in [0.3, 0.4) is 0 Å². The molecule has 0 saturated carbocycles. The Kier molecular flexibility index (Phi) is 5.74. The van der Waals surface area contributed by atoms with E-state index < -0.39 is 0 Å². The molecular formula is C19H18N4O2S3. The molecular weight excluding hydrogens is 412 g/mol. The molecule has 144 valence electrons. The molecule has 9 heteroatoms.